The summed E-state index contributed by atoms with van der Waals surface area (Å²) in [6.07, 6.45) is 2.28. The van der Waals surface area contributed by atoms with Crippen LogP contribution in [0.25, 0.3) is 5.76 Å². The number of rotatable bonds is 7. The minimum absolute atomic E-state index is 0.177. The van der Waals surface area contributed by atoms with E-state index in [1.807, 2.05) is 6.92 Å². The largest absolute Gasteiger partial charge is 0.507 e. The molecule has 1 fully saturated rings. The number of nitro groups is 1. The molecule has 4 rings (SSSR count). The third-order valence-corrected chi connectivity index (χ3v) is 5.82. The lowest BCUT2D eigenvalue weighted by Crippen LogP contribution is -2.29. The number of hydrogen-bond donors (Lipinski definition) is 1. The van der Waals surface area contributed by atoms with E-state index in [0.717, 1.165) is 22.7 Å². The van der Waals surface area contributed by atoms with Gasteiger partial charge in [0.2, 0.25) is 0 Å². The minimum Gasteiger partial charge on any atom is -0.507 e. The van der Waals surface area contributed by atoms with Crippen LogP contribution < -0.4 is 9.64 Å². The number of non-ortho nitro benzene ring substituents is 1. The van der Waals surface area contributed by atoms with Gasteiger partial charge in [0.25, 0.3) is 11.5 Å². The Kier molecular flexibility index (Phi) is 6.18. The number of thiazole rings is 1. The first-order valence-corrected chi connectivity index (χ1v) is 11.0. The first kappa shape index (κ1) is 22.2. The normalized spacial score (nSPS) is 17.4. The summed E-state index contributed by atoms with van der Waals surface area (Å²) in [6, 6.07) is 11.1. The van der Waals surface area contributed by atoms with Gasteiger partial charge in [-0.3, -0.25) is 24.6 Å². The van der Waals surface area contributed by atoms with Crippen LogP contribution in [-0.4, -0.2) is 33.3 Å². The number of Topliss-reactive ketones (excluding diaryl/α,β-unsaturated/α-hetero) is 1. The highest BCUT2D eigenvalue weighted by molar-refractivity contribution is 7.14. The van der Waals surface area contributed by atoms with Crippen molar-refractivity contribution in [3.63, 3.8) is 0 Å². The van der Waals surface area contributed by atoms with Gasteiger partial charge in [-0.2, -0.15) is 0 Å². The number of hydrogen-bond acceptors (Lipinski definition) is 8. The number of nitro benzene ring substituents is 1. The Labute approximate surface area is 192 Å². The van der Waals surface area contributed by atoms with E-state index in [-0.39, 0.29) is 22.0 Å². The predicted molar refractivity (Wildman–Crippen MR) is 122 cm³/mol. The van der Waals surface area contributed by atoms with Crippen molar-refractivity contribution in [2.24, 2.45) is 0 Å². The molecule has 1 aromatic heterocycles. The molecule has 3 aromatic rings. The van der Waals surface area contributed by atoms with E-state index >= 15 is 0 Å². The van der Waals surface area contributed by atoms with E-state index in [1.54, 1.807) is 35.7 Å². The molecule has 0 radical (unpaired) electrons. The van der Waals surface area contributed by atoms with E-state index in [2.05, 4.69) is 4.98 Å². The standard InChI is InChI=1S/C23H19N3O6S/c1-2-10-32-17-8-4-6-15(13-17)20(27)18-19(14-5-3-7-16(12-14)26(30)31)25(22(29)21(18)28)23-24-9-11-33-23/h3-9,11-13,19,27H,2,10H2,1H3/b20-18+. The Balaban J connectivity index is 1.90. The zero-order chi connectivity index (χ0) is 23.5. The topological polar surface area (TPSA) is 123 Å². The number of aliphatic hydroxyl groups excluding tert-OH is 1. The van der Waals surface area contributed by atoms with Crippen LogP contribution in [0.15, 0.2) is 65.7 Å². The Morgan fingerprint density at radius 3 is 2.73 bits per heavy atom. The molecule has 9 nitrogen and oxygen atoms in total. The van der Waals surface area contributed by atoms with E-state index in [9.17, 15) is 24.8 Å². The van der Waals surface area contributed by atoms with Crippen molar-refractivity contribution >= 4 is 39.6 Å². The first-order valence-electron chi connectivity index (χ1n) is 10.1. The molecule has 168 valence electrons. The lowest BCUT2D eigenvalue weighted by atomic mass is 9.95. The van der Waals surface area contributed by atoms with Gasteiger partial charge in [-0.25, -0.2) is 4.98 Å². The lowest BCUT2D eigenvalue weighted by Gasteiger charge is -2.22. The molecule has 1 saturated heterocycles. The van der Waals surface area contributed by atoms with E-state index in [0.29, 0.717) is 17.9 Å². The third-order valence-electron chi connectivity index (χ3n) is 5.05. The molecule has 2 heterocycles. The number of ether oxygens (including phenoxy) is 1. The fourth-order valence-electron chi connectivity index (χ4n) is 3.60. The third kappa shape index (κ3) is 4.20. The van der Waals surface area contributed by atoms with Crippen LogP contribution in [0.2, 0.25) is 0 Å². The smallest absolute Gasteiger partial charge is 0.301 e. The number of anilines is 1. The molecule has 0 saturated carbocycles. The molecular weight excluding hydrogens is 446 g/mol. The molecule has 0 spiro atoms. The zero-order valence-corrected chi connectivity index (χ0v) is 18.3. The number of amides is 1. The van der Waals surface area contributed by atoms with Crippen molar-refractivity contribution in [1.82, 2.24) is 4.98 Å². The highest BCUT2D eigenvalue weighted by Gasteiger charge is 2.48. The van der Waals surface area contributed by atoms with Crippen molar-refractivity contribution in [2.75, 3.05) is 11.5 Å². The van der Waals surface area contributed by atoms with Crippen LogP contribution in [0, 0.1) is 10.1 Å². The average molecular weight is 465 g/mol. The second kappa shape index (κ2) is 9.21. The van der Waals surface area contributed by atoms with Crippen LogP contribution >= 0.6 is 11.3 Å². The van der Waals surface area contributed by atoms with Crippen molar-refractivity contribution in [2.45, 2.75) is 19.4 Å². The van der Waals surface area contributed by atoms with Crippen molar-refractivity contribution in [3.05, 3.63) is 86.9 Å². The average Bonchev–Trinajstić information content (AvgIpc) is 3.44. The maximum Gasteiger partial charge on any atom is 0.301 e. The fraction of sp³-hybridized carbons (Fsp3) is 0.174. The number of ketones is 1. The quantitative estimate of drug-likeness (QED) is 0.180. The number of carbonyl (C=O) groups excluding carboxylic acids is 2. The van der Waals surface area contributed by atoms with Gasteiger partial charge in [0.1, 0.15) is 11.5 Å². The molecule has 2 aromatic carbocycles. The van der Waals surface area contributed by atoms with Crippen LogP contribution in [-0.2, 0) is 9.59 Å². The summed E-state index contributed by atoms with van der Waals surface area (Å²) in [5.74, 6) is -1.67. The Morgan fingerprint density at radius 1 is 1.24 bits per heavy atom. The molecule has 10 heteroatoms. The molecule has 1 atom stereocenters. The van der Waals surface area contributed by atoms with Crippen LogP contribution in [0.3, 0.4) is 0 Å². The number of aromatic nitrogens is 1. The number of carbonyl (C=O) groups is 2. The molecule has 1 aliphatic heterocycles. The number of benzene rings is 2. The maximum absolute atomic E-state index is 13.1. The monoisotopic (exact) mass is 465 g/mol. The summed E-state index contributed by atoms with van der Waals surface area (Å²) < 4.78 is 5.61. The van der Waals surface area contributed by atoms with Gasteiger partial charge < -0.3 is 9.84 Å². The fourth-order valence-corrected chi connectivity index (χ4v) is 4.26. The SMILES string of the molecule is CCCOc1cccc(/C(O)=C2\C(=O)C(=O)N(c3nccs3)C2c2cccc([N+](=O)[O-])c2)c1. The molecule has 1 unspecified atom stereocenters. The van der Waals surface area contributed by atoms with Crippen LogP contribution in [0.4, 0.5) is 10.8 Å². The number of nitrogens with zero attached hydrogens (tertiary/aromatic N) is 3. The van der Waals surface area contributed by atoms with Crippen LogP contribution in [0.5, 0.6) is 5.75 Å². The van der Waals surface area contributed by atoms with Crippen molar-refractivity contribution in [1.29, 1.82) is 0 Å². The summed E-state index contributed by atoms with van der Waals surface area (Å²) in [6.45, 7) is 2.44. The van der Waals surface area contributed by atoms with Crippen molar-refractivity contribution in [3.8, 4) is 5.75 Å². The van der Waals surface area contributed by atoms with Gasteiger partial charge in [-0.15, -0.1) is 11.3 Å². The molecular formula is C23H19N3O6S. The molecule has 0 bridgehead atoms. The van der Waals surface area contributed by atoms with Gasteiger partial charge >= 0.3 is 5.91 Å². The van der Waals surface area contributed by atoms with Crippen molar-refractivity contribution < 1.29 is 24.4 Å². The minimum atomic E-state index is -1.09. The van der Waals surface area contributed by atoms with Gasteiger partial charge in [0.15, 0.2) is 5.13 Å². The Morgan fingerprint density at radius 2 is 2.03 bits per heavy atom. The summed E-state index contributed by atoms with van der Waals surface area (Å²) in [7, 11) is 0. The van der Waals surface area contributed by atoms with Gasteiger partial charge in [-0.1, -0.05) is 31.2 Å². The van der Waals surface area contributed by atoms with Crippen LogP contribution in [0.1, 0.15) is 30.5 Å². The van der Waals surface area contributed by atoms with Gasteiger partial charge in [0, 0.05) is 29.3 Å². The zero-order valence-electron chi connectivity index (χ0n) is 17.5. The van der Waals surface area contributed by atoms with Gasteiger partial charge in [0.05, 0.1) is 23.1 Å². The maximum atomic E-state index is 13.1. The summed E-state index contributed by atoms with van der Waals surface area (Å²) in [5, 5.41) is 24.4. The van der Waals surface area contributed by atoms with E-state index in [4.69, 9.17) is 4.74 Å². The molecule has 33 heavy (non-hydrogen) atoms. The lowest BCUT2D eigenvalue weighted by molar-refractivity contribution is -0.384. The molecule has 1 N–H and O–H groups in total. The highest BCUT2D eigenvalue weighted by atomic mass is 32.1. The second-order valence-electron chi connectivity index (χ2n) is 7.21. The summed E-state index contributed by atoms with van der Waals surface area (Å²) in [4.78, 5) is 42.2. The molecule has 1 amide bonds. The predicted octanol–water partition coefficient (Wildman–Crippen LogP) is 4.47. The van der Waals surface area contributed by atoms with E-state index < -0.39 is 28.4 Å². The highest BCUT2D eigenvalue weighted by Crippen LogP contribution is 2.43. The first-order chi connectivity index (χ1) is 15.9. The summed E-state index contributed by atoms with van der Waals surface area (Å²) in [5.41, 5.74) is 0.213. The van der Waals surface area contributed by atoms with E-state index in [1.165, 1.54) is 24.4 Å². The molecule has 0 aliphatic carbocycles. The second-order valence-corrected chi connectivity index (χ2v) is 8.09. The Bertz CT molecular complexity index is 1250. The Hall–Kier alpha value is -4.05. The summed E-state index contributed by atoms with van der Waals surface area (Å²) >= 11 is 1.14. The van der Waals surface area contributed by atoms with Gasteiger partial charge in [-0.05, 0) is 24.1 Å². The molecule has 1 aliphatic rings. The number of aliphatic hydroxyl groups is 1.